The summed E-state index contributed by atoms with van der Waals surface area (Å²) in [7, 11) is 1.68. The van der Waals surface area contributed by atoms with E-state index in [1.54, 1.807) is 19.5 Å². The van der Waals surface area contributed by atoms with Crippen LogP contribution in [0.25, 0.3) is 11.0 Å². The van der Waals surface area contributed by atoms with Gasteiger partial charge in [-0.2, -0.15) is 0 Å². The Balaban J connectivity index is 1.80. The SMILES string of the molecule is COC1=CCNC=C1NCc1cc2nccnc2cc1C. The average Bonchev–Trinajstić information content (AvgIpc) is 2.53. The molecule has 2 N–H and O–H groups in total. The molecule has 2 aromatic rings. The molecule has 108 valence electrons. The molecule has 0 radical (unpaired) electrons. The van der Waals surface area contributed by atoms with Gasteiger partial charge in [0.1, 0.15) is 5.76 Å². The molecule has 1 aromatic carbocycles. The monoisotopic (exact) mass is 282 g/mol. The Morgan fingerprint density at radius 3 is 2.76 bits per heavy atom. The van der Waals surface area contributed by atoms with Crippen molar-refractivity contribution in [2.75, 3.05) is 13.7 Å². The Kier molecular flexibility index (Phi) is 3.73. The largest absolute Gasteiger partial charge is 0.495 e. The Hall–Kier alpha value is -2.56. The molecule has 0 spiro atoms. The fourth-order valence-corrected chi connectivity index (χ4v) is 2.36. The van der Waals surface area contributed by atoms with Crippen LogP contribution in [0.3, 0.4) is 0 Å². The molecule has 1 aliphatic rings. The fourth-order valence-electron chi connectivity index (χ4n) is 2.36. The molecule has 1 aliphatic heterocycles. The van der Waals surface area contributed by atoms with Gasteiger partial charge in [0.05, 0.1) is 23.8 Å². The molecule has 3 rings (SSSR count). The Bertz CT molecular complexity index is 721. The van der Waals surface area contributed by atoms with Crippen molar-refractivity contribution in [2.45, 2.75) is 13.5 Å². The molecule has 0 saturated carbocycles. The molecule has 0 aliphatic carbocycles. The molecule has 21 heavy (non-hydrogen) atoms. The Labute approximate surface area is 123 Å². The van der Waals surface area contributed by atoms with Gasteiger partial charge in [0, 0.05) is 31.7 Å². The number of aromatic nitrogens is 2. The van der Waals surface area contributed by atoms with Gasteiger partial charge in [0.25, 0.3) is 0 Å². The van der Waals surface area contributed by atoms with Crippen LogP contribution < -0.4 is 10.6 Å². The molecule has 0 fully saturated rings. The second-order valence-corrected chi connectivity index (χ2v) is 4.92. The zero-order valence-corrected chi connectivity index (χ0v) is 12.2. The number of methoxy groups -OCH3 is 1. The molecule has 1 aromatic heterocycles. The molecule has 5 heteroatoms. The van der Waals surface area contributed by atoms with E-state index in [0.29, 0.717) is 6.54 Å². The van der Waals surface area contributed by atoms with Crippen molar-refractivity contribution < 1.29 is 4.74 Å². The third kappa shape index (κ3) is 2.81. The van der Waals surface area contributed by atoms with E-state index in [1.165, 1.54) is 11.1 Å². The summed E-state index contributed by atoms with van der Waals surface area (Å²) in [6.07, 6.45) is 7.39. The van der Waals surface area contributed by atoms with Crippen molar-refractivity contribution in [2.24, 2.45) is 0 Å². The maximum absolute atomic E-state index is 5.36. The molecule has 0 saturated heterocycles. The highest BCUT2D eigenvalue weighted by atomic mass is 16.5. The summed E-state index contributed by atoms with van der Waals surface area (Å²) in [4.78, 5) is 8.68. The van der Waals surface area contributed by atoms with Gasteiger partial charge < -0.3 is 15.4 Å². The van der Waals surface area contributed by atoms with Gasteiger partial charge in [-0.25, -0.2) is 0 Å². The van der Waals surface area contributed by atoms with Crippen LogP contribution in [0.1, 0.15) is 11.1 Å². The predicted octanol–water partition coefficient (Wildman–Crippen LogP) is 2.00. The summed E-state index contributed by atoms with van der Waals surface area (Å²) in [5, 5.41) is 6.58. The minimum atomic E-state index is 0.715. The van der Waals surface area contributed by atoms with Crippen molar-refractivity contribution in [3.63, 3.8) is 0 Å². The highest BCUT2D eigenvalue weighted by Crippen LogP contribution is 2.17. The lowest BCUT2D eigenvalue weighted by atomic mass is 10.1. The van der Waals surface area contributed by atoms with E-state index in [-0.39, 0.29) is 0 Å². The summed E-state index contributed by atoms with van der Waals surface area (Å²) < 4.78 is 5.36. The average molecular weight is 282 g/mol. The highest BCUT2D eigenvalue weighted by Gasteiger charge is 2.10. The first-order valence-corrected chi connectivity index (χ1v) is 6.90. The number of nitrogens with one attached hydrogen (secondary N) is 2. The first-order valence-electron chi connectivity index (χ1n) is 6.90. The van der Waals surface area contributed by atoms with E-state index in [0.717, 1.165) is 29.0 Å². The third-order valence-electron chi connectivity index (χ3n) is 3.53. The van der Waals surface area contributed by atoms with Crippen LogP contribution in [0.4, 0.5) is 0 Å². The number of aryl methyl sites for hydroxylation is 1. The van der Waals surface area contributed by atoms with Crippen molar-refractivity contribution in [3.05, 3.63) is 59.4 Å². The normalized spacial score (nSPS) is 14.2. The van der Waals surface area contributed by atoms with Crippen LogP contribution in [0, 0.1) is 6.92 Å². The number of ether oxygens (including phenoxy) is 1. The van der Waals surface area contributed by atoms with Gasteiger partial charge in [0.15, 0.2) is 0 Å². The number of nitrogens with zero attached hydrogens (tertiary/aromatic N) is 2. The maximum Gasteiger partial charge on any atom is 0.141 e. The van der Waals surface area contributed by atoms with Gasteiger partial charge in [0.2, 0.25) is 0 Å². The lowest BCUT2D eigenvalue weighted by Gasteiger charge is -2.18. The van der Waals surface area contributed by atoms with Gasteiger partial charge in [-0.3, -0.25) is 9.97 Å². The molecule has 0 atom stereocenters. The summed E-state index contributed by atoms with van der Waals surface area (Å²) in [5.74, 6) is 0.868. The second kappa shape index (κ2) is 5.83. The minimum absolute atomic E-state index is 0.715. The van der Waals surface area contributed by atoms with Crippen molar-refractivity contribution in [3.8, 4) is 0 Å². The first-order chi connectivity index (χ1) is 10.3. The zero-order chi connectivity index (χ0) is 14.7. The first kappa shape index (κ1) is 13.4. The van der Waals surface area contributed by atoms with E-state index >= 15 is 0 Å². The van der Waals surface area contributed by atoms with Crippen LogP contribution in [0.15, 0.2) is 48.3 Å². The molecule has 0 amide bonds. The summed E-state index contributed by atoms with van der Waals surface area (Å²) in [6.45, 7) is 3.59. The molecule has 0 bridgehead atoms. The van der Waals surface area contributed by atoms with Crippen molar-refractivity contribution in [1.82, 2.24) is 20.6 Å². The number of hydrogen-bond acceptors (Lipinski definition) is 5. The van der Waals surface area contributed by atoms with E-state index < -0.39 is 0 Å². The number of hydrogen-bond donors (Lipinski definition) is 2. The number of rotatable bonds is 4. The smallest absolute Gasteiger partial charge is 0.141 e. The van der Waals surface area contributed by atoms with Crippen LogP contribution in [0.5, 0.6) is 0 Å². The Morgan fingerprint density at radius 1 is 1.24 bits per heavy atom. The number of fused-ring (bicyclic) bond motifs is 1. The quantitative estimate of drug-likeness (QED) is 0.898. The predicted molar refractivity (Wildman–Crippen MR) is 82.3 cm³/mol. The lowest BCUT2D eigenvalue weighted by Crippen LogP contribution is -2.23. The van der Waals surface area contributed by atoms with Gasteiger partial charge in [-0.15, -0.1) is 0 Å². The third-order valence-corrected chi connectivity index (χ3v) is 3.53. The molecular weight excluding hydrogens is 264 g/mol. The van der Waals surface area contributed by atoms with Crippen molar-refractivity contribution >= 4 is 11.0 Å². The van der Waals surface area contributed by atoms with Crippen LogP contribution in [0.2, 0.25) is 0 Å². The van der Waals surface area contributed by atoms with Crippen LogP contribution in [-0.2, 0) is 11.3 Å². The summed E-state index contributed by atoms with van der Waals surface area (Å²) in [5.41, 5.74) is 5.20. The second-order valence-electron chi connectivity index (χ2n) is 4.92. The molecule has 2 heterocycles. The van der Waals surface area contributed by atoms with Gasteiger partial charge in [-0.1, -0.05) is 0 Å². The molecule has 5 nitrogen and oxygen atoms in total. The van der Waals surface area contributed by atoms with E-state index in [1.807, 2.05) is 12.3 Å². The number of dihydropyridines is 1. The topological polar surface area (TPSA) is 59.1 Å². The zero-order valence-electron chi connectivity index (χ0n) is 12.2. The lowest BCUT2D eigenvalue weighted by molar-refractivity contribution is 0.291. The molecular formula is C16H18N4O. The van der Waals surface area contributed by atoms with E-state index in [4.69, 9.17) is 4.74 Å². The van der Waals surface area contributed by atoms with Crippen LogP contribution >= 0.6 is 0 Å². The Morgan fingerprint density at radius 2 is 2.00 bits per heavy atom. The van der Waals surface area contributed by atoms with Crippen LogP contribution in [-0.4, -0.2) is 23.6 Å². The number of benzene rings is 1. The van der Waals surface area contributed by atoms with Gasteiger partial charge >= 0.3 is 0 Å². The standard InChI is InChI=1S/C16H18N4O/c1-11-7-13-14(19-6-5-18-13)8-12(11)9-20-15-10-17-4-3-16(15)21-2/h3,5-8,10,17,20H,4,9H2,1-2H3. The minimum Gasteiger partial charge on any atom is -0.495 e. The van der Waals surface area contributed by atoms with Crippen molar-refractivity contribution in [1.29, 1.82) is 0 Å². The highest BCUT2D eigenvalue weighted by molar-refractivity contribution is 5.75. The van der Waals surface area contributed by atoms with E-state index in [2.05, 4.69) is 39.7 Å². The maximum atomic E-state index is 5.36. The summed E-state index contributed by atoms with van der Waals surface area (Å²) in [6, 6.07) is 4.15. The van der Waals surface area contributed by atoms with E-state index in [9.17, 15) is 0 Å². The molecule has 0 unspecified atom stereocenters. The summed E-state index contributed by atoms with van der Waals surface area (Å²) >= 11 is 0. The van der Waals surface area contributed by atoms with Gasteiger partial charge in [-0.05, 0) is 36.3 Å². The fraction of sp³-hybridized carbons (Fsp3) is 0.250.